The van der Waals surface area contributed by atoms with E-state index in [1.54, 1.807) is 4.90 Å². The average molecular weight is 260 g/mol. The van der Waals surface area contributed by atoms with E-state index in [-0.39, 0.29) is 12.1 Å². The first-order valence-corrected chi connectivity index (χ1v) is 6.72. The molecule has 2 atom stereocenters. The van der Waals surface area contributed by atoms with Crippen LogP contribution >= 0.6 is 11.8 Å². The molecule has 0 aromatic rings. The second-order valence-electron chi connectivity index (χ2n) is 4.23. The predicted octanol–water partition coefficient (Wildman–Crippen LogP) is 0.287. The lowest BCUT2D eigenvalue weighted by molar-refractivity contribution is -0.141. The van der Waals surface area contributed by atoms with Gasteiger partial charge in [-0.1, -0.05) is 0 Å². The number of nitrogens with zero attached hydrogens (tertiary/aromatic N) is 2. The fourth-order valence-corrected chi connectivity index (χ4v) is 3.15. The molecular weight excluding hydrogens is 244 g/mol. The van der Waals surface area contributed by atoms with Crippen molar-refractivity contribution in [2.45, 2.75) is 19.1 Å². The van der Waals surface area contributed by atoms with Gasteiger partial charge in [-0.3, -0.25) is 0 Å². The molecule has 2 fully saturated rings. The molecule has 2 amide bonds. The first-order chi connectivity index (χ1) is 8.09. The van der Waals surface area contributed by atoms with E-state index in [0.717, 1.165) is 0 Å². The predicted molar refractivity (Wildman–Crippen MR) is 63.0 cm³/mol. The van der Waals surface area contributed by atoms with E-state index in [4.69, 9.17) is 9.84 Å². The van der Waals surface area contributed by atoms with Gasteiger partial charge < -0.3 is 19.6 Å². The van der Waals surface area contributed by atoms with Crippen molar-refractivity contribution in [3.05, 3.63) is 0 Å². The summed E-state index contributed by atoms with van der Waals surface area (Å²) in [5, 5.41) is 9.03. The molecular formula is C10H16N2O4S. The highest BCUT2D eigenvalue weighted by Gasteiger charge is 2.37. The number of urea groups is 1. The van der Waals surface area contributed by atoms with Gasteiger partial charge in [-0.05, 0) is 6.92 Å². The first-order valence-electron chi connectivity index (χ1n) is 5.57. The van der Waals surface area contributed by atoms with E-state index in [1.807, 2.05) is 6.92 Å². The molecule has 2 saturated heterocycles. The smallest absolute Gasteiger partial charge is 0.327 e. The van der Waals surface area contributed by atoms with E-state index in [2.05, 4.69) is 0 Å². The molecule has 1 N–H and O–H groups in total. The van der Waals surface area contributed by atoms with Gasteiger partial charge in [-0.25, -0.2) is 9.59 Å². The summed E-state index contributed by atoms with van der Waals surface area (Å²) in [6, 6.07) is -0.872. The summed E-state index contributed by atoms with van der Waals surface area (Å²) in [7, 11) is 0. The number of rotatable bonds is 1. The van der Waals surface area contributed by atoms with Crippen LogP contribution in [0.5, 0.6) is 0 Å². The number of carboxylic acid groups (broad SMARTS) is 1. The van der Waals surface area contributed by atoms with Gasteiger partial charge in [0.25, 0.3) is 0 Å². The van der Waals surface area contributed by atoms with E-state index < -0.39 is 12.0 Å². The number of thioether (sulfide) groups is 1. The number of carbonyl (C=O) groups excluding carboxylic acids is 1. The van der Waals surface area contributed by atoms with E-state index in [9.17, 15) is 9.59 Å². The molecule has 2 aliphatic rings. The molecule has 0 aromatic carbocycles. The molecule has 0 saturated carbocycles. The van der Waals surface area contributed by atoms with Crippen molar-refractivity contribution < 1.29 is 19.4 Å². The molecule has 2 aliphatic heterocycles. The molecule has 6 nitrogen and oxygen atoms in total. The van der Waals surface area contributed by atoms with Crippen LogP contribution in [0, 0.1) is 0 Å². The van der Waals surface area contributed by atoms with Gasteiger partial charge in [0.1, 0.15) is 6.04 Å². The molecule has 0 radical (unpaired) electrons. The Morgan fingerprint density at radius 1 is 1.47 bits per heavy atom. The van der Waals surface area contributed by atoms with Crippen LogP contribution in [0.1, 0.15) is 6.92 Å². The van der Waals surface area contributed by atoms with Gasteiger partial charge in [0.2, 0.25) is 0 Å². The first kappa shape index (κ1) is 12.5. The second kappa shape index (κ2) is 5.14. The summed E-state index contributed by atoms with van der Waals surface area (Å²) in [5.41, 5.74) is 0. The third-order valence-electron chi connectivity index (χ3n) is 2.92. The third-order valence-corrected chi connectivity index (χ3v) is 3.94. The molecule has 2 rings (SSSR count). The lowest BCUT2D eigenvalue weighted by Crippen LogP contribution is -2.53. The zero-order valence-electron chi connectivity index (χ0n) is 9.66. The molecule has 2 heterocycles. The number of hydrogen-bond donors (Lipinski definition) is 1. The maximum Gasteiger partial charge on any atom is 0.327 e. The highest BCUT2D eigenvalue weighted by molar-refractivity contribution is 7.99. The minimum absolute atomic E-state index is 0.0197. The lowest BCUT2D eigenvalue weighted by atomic mass is 10.3. The Morgan fingerprint density at radius 3 is 2.88 bits per heavy atom. The zero-order valence-corrected chi connectivity index (χ0v) is 10.5. The van der Waals surface area contributed by atoms with Gasteiger partial charge in [-0.2, -0.15) is 0 Å². The van der Waals surface area contributed by atoms with Gasteiger partial charge in [0.05, 0.1) is 18.6 Å². The van der Waals surface area contributed by atoms with Crippen LogP contribution in [-0.4, -0.2) is 70.4 Å². The fraction of sp³-hybridized carbons (Fsp3) is 0.800. The minimum atomic E-state index is -0.926. The van der Waals surface area contributed by atoms with Crippen molar-refractivity contribution in [2.75, 3.05) is 31.3 Å². The van der Waals surface area contributed by atoms with Crippen molar-refractivity contribution >= 4 is 23.8 Å². The monoisotopic (exact) mass is 260 g/mol. The number of aliphatic carboxylic acids is 1. The van der Waals surface area contributed by atoms with Crippen LogP contribution in [0.2, 0.25) is 0 Å². The van der Waals surface area contributed by atoms with Crippen LogP contribution in [0.3, 0.4) is 0 Å². The number of morpholine rings is 1. The molecule has 0 aliphatic carbocycles. The Bertz CT molecular complexity index is 325. The molecule has 0 aromatic heterocycles. The third kappa shape index (κ3) is 2.66. The Morgan fingerprint density at radius 2 is 2.24 bits per heavy atom. The largest absolute Gasteiger partial charge is 0.480 e. The van der Waals surface area contributed by atoms with Gasteiger partial charge in [-0.15, -0.1) is 11.8 Å². The maximum atomic E-state index is 12.2. The van der Waals surface area contributed by atoms with Crippen LogP contribution in [-0.2, 0) is 9.53 Å². The van der Waals surface area contributed by atoms with E-state index >= 15 is 0 Å². The van der Waals surface area contributed by atoms with Crippen molar-refractivity contribution in [2.24, 2.45) is 0 Å². The Hall–Kier alpha value is -0.950. The molecule has 2 unspecified atom stereocenters. The quantitative estimate of drug-likeness (QED) is 0.733. The number of carbonyl (C=O) groups is 2. The molecule has 96 valence electrons. The maximum absolute atomic E-state index is 12.2. The van der Waals surface area contributed by atoms with Gasteiger partial charge in [0.15, 0.2) is 0 Å². The van der Waals surface area contributed by atoms with Crippen LogP contribution in [0.15, 0.2) is 0 Å². The van der Waals surface area contributed by atoms with Crippen LogP contribution < -0.4 is 0 Å². The number of amides is 2. The summed E-state index contributed by atoms with van der Waals surface area (Å²) >= 11 is 1.48. The normalized spacial score (nSPS) is 29.5. The van der Waals surface area contributed by atoms with Crippen molar-refractivity contribution in [1.29, 1.82) is 0 Å². The van der Waals surface area contributed by atoms with Crippen molar-refractivity contribution in [1.82, 2.24) is 9.80 Å². The molecule has 0 bridgehead atoms. The summed E-state index contributed by atoms with van der Waals surface area (Å²) in [4.78, 5) is 26.3. The number of hydrogen-bond acceptors (Lipinski definition) is 4. The Labute approximate surface area is 104 Å². The minimum Gasteiger partial charge on any atom is -0.480 e. The topological polar surface area (TPSA) is 70.1 Å². The molecule has 0 spiro atoms. The van der Waals surface area contributed by atoms with E-state index in [1.165, 1.54) is 16.7 Å². The van der Waals surface area contributed by atoms with Gasteiger partial charge in [0, 0.05) is 18.8 Å². The van der Waals surface area contributed by atoms with Crippen molar-refractivity contribution in [3.8, 4) is 0 Å². The second-order valence-corrected chi connectivity index (χ2v) is 5.23. The Balaban J connectivity index is 2.01. The fourth-order valence-electron chi connectivity index (χ4n) is 2.01. The van der Waals surface area contributed by atoms with E-state index in [0.29, 0.717) is 31.3 Å². The van der Waals surface area contributed by atoms with Crippen LogP contribution in [0.4, 0.5) is 4.79 Å². The van der Waals surface area contributed by atoms with Crippen molar-refractivity contribution in [3.63, 3.8) is 0 Å². The number of carboxylic acids is 1. The lowest BCUT2D eigenvalue weighted by Gasteiger charge is -2.34. The van der Waals surface area contributed by atoms with Gasteiger partial charge >= 0.3 is 12.0 Å². The molecule has 17 heavy (non-hydrogen) atoms. The summed E-state index contributed by atoms with van der Waals surface area (Å²) in [6.45, 7) is 3.50. The SMILES string of the molecule is CC1CN(C(=O)N2CSCC2C(=O)O)CCO1. The zero-order chi connectivity index (χ0) is 12.4. The summed E-state index contributed by atoms with van der Waals surface area (Å²) in [5.74, 6) is 0.00680. The Kier molecular flexibility index (Phi) is 3.78. The molecule has 7 heteroatoms. The summed E-state index contributed by atoms with van der Waals surface area (Å²) in [6.07, 6.45) is 0.0197. The number of ether oxygens (including phenoxy) is 1. The summed E-state index contributed by atoms with van der Waals surface area (Å²) < 4.78 is 5.36. The van der Waals surface area contributed by atoms with Crippen LogP contribution in [0.25, 0.3) is 0 Å². The highest BCUT2D eigenvalue weighted by atomic mass is 32.2. The standard InChI is InChI=1S/C10H16N2O4S/c1-7-4-11(2-3-16-7)10(15)12-6-17-5-8(12)9(13)14/h7-8H,2-6H2,1H3,(H,13,14). The highest BCUT2D eigenvalue weighted by Crippen LogP contribution is 2.23. The average Bonchev–Trinajstić information content (AvgIpc) is 2.77.